The summed E-state index contributed by atoms with van der Waals surface area (Å²) in [6.07, 6.45) is 0.948. The summed E-state index contributed by atoms with van der Waals surface area (Å²) in [5, 5.41) is 2.60. The monoisotopic (exact) mass is 391 g/mol. The average molecular weight is 392 g/mol. The van der Waals surface area contributed by atoms with Gasteiger partial charge < -0.3 is 20.8 Å². The van der Waals surface area contributed by atoms with E-state index in [0.717, 1.165) is 0 Å². The van der Waals surface area contributed by atoms with Gasteiger partial charge in [-0.25, -0.2) is 0 Å². The van der Waals surface area contributed by atoms with Crippen LogP contribution < -0.4 is 21.3 Å². The Balaban J connectivity index is 0.00000261. The first kappa shape index (κ1) is 20.5. The van der Waals surface area contributed by atoms with Gasteiger partial charge in [0.1, 0.15) is 11.3 Å². The van der Waals surface area contributed by atoms with Crippen molar-refractivity contribution in [3.63, 3.8) is 0 Å². The third kappa shape index (κ3) is 4.14. The summed E-state index contributed by atoms with van der Waals surface area (Å²) in [7, 11) is 1.50. The van der Waals surface area contributed by atoms with E-state index in [1.54, 1.807) is 18.2 Å². The second-order valence-electron chi connectivity index (χ2n) is 7.25. The molecule has 1 aliphatic carbocycles. The lowest BCUT2D eigenvalue weighted by Crippen LogP contribution is -2.32. The van der Waals surface area contributed by atoms with E-state index in [-0.39, 0.29) is 29.2 Å². The van der Waals surface area contributed by atoms with Crippen LogP contribution in [0.25, 0.3) is 0 Å². The molecule has 8 heteroatoms. The molecule has 2 aromatic rings. The van der Waals surface area contributed by atoms with Crippen molar-refractivity contribution >= 4 is 35.5 Å². The molecule has 4 N–H and O–H groups in total. The minimum Gasteiger partial charge on any atom is -0.497 e. The normalized spacial score (nSPS) is 14.7. The van der Waals surface area contributed by atoms with Crippen LogP contribution >= 0.6 is 12.4 Å². The maximum Gasteiger partial charge on any atom is 0.261 e. The molecule has 0 radical (unpaired) electrons. The van der Waals surface area contributed by atoms with Gasteiger partial charge in [0.2, 0.25) is 0 Å². The van der Waals surface area contributed by atoms with Crippen LogP contribution in [0, 0.1) is 5.41 Å². The molecule has 1 amide bonds. The SMILES string of the molecule is COc1ccc(N)c(NC(=O)c2cc3c([nH]c2=O)CC(C)(C)CC3=O)c1.Cl. The molecule has 0 saturated carbocycles. The van der Waals surface area contributed by atoms with Crippen molar-refractivity contribution in [3.05, 3.63) is 51.4 Å². The van der Waals surface area contributed by atoms with Crippen molar-refractivity contribution < 1.29 is 14.3 Å². The third-order valence-corrected chi connectivity index (χ3v) is 4.47. The van der Waals surface area contributed by atoms with E-state index in [2.05, 4.69) is 10.3 Å². The fraction of sp³-hybridized carbons (Fsp3) is 0.316. The standard InChI is InChI=1S/C19H21N3O4.ClH/c1-19(2)8-15-11(16(23)9-19)7-12(18(25)22-15)17(24)21-14-6-10(26-3)4-5-13(14)20;/h4-7H,8-9,20H2,1-3H3,(H,21,24)(H,22,25);1H. The molecule has 1 aromatic carbocycles. The predicted octanol–water partition coefficient (Wildman–Crippen LogP) is 2.79. The summed E-state index contributed by atoms with van der Waals surface area (Å²) in [5.41, 5.74) is 6.63. The first-order chi connectivity index (χ1) is 12.2. The van der Waals surface area contributed by atoms with Crippen molar-refractivity contribution in [2.24, 2.45) is 5.41 Å². The molecule has 27 heavy (non-hydrogen) atoms. The molecule has 1 heterocycles. The molecular formula is C19H22ClN3O4. The van der Waals surface area contributed by atoms with E-state index < -0.39 is 11.5 Å². The van der Waals surface area contributed by atoms with Crippen LogP contribution in [0.2, 0.25) is 0 Å². The molecular weight excluding hydrogens is 370 g/mol. The molecule has 7 nitrogen and oxygen atoms in total. The number of ether oxygens (including phenoxy) is 1. The molecule has 0 atom stereocenters. The number of nitrogens with one attached hydrogen (secondary N) is 2. The van der Waals surface area contributed by atoms with Crippen LogP contribution in [0.3, 0.4) is 0 Å². The number of carbonyl (C=O) groups excluding carboxylic acids is 2. The minimum atomic E-state index is -0.633. The maximum atomic E-state index is 12.6. The minimum absolute atomic E-state index is 0. The van der Waals surface area contributed by atoms with Crippen LogP contribution in [0.4, 0.5) is 11.4 Å². The third-order valence-electron chi connectivity index (χ3n) is 4.47. The molecule has 0 spiro atoms. The van der Waals surface area contributed by atoms with Crippen molar-refractivity contribution in [2.45, 2.75) is 26.7 Å². The van der Waals surface area contributed by atoms with E-state index in [0.29, 0.717) is 41.2 Å². The number of benzene rings is 1. The number of amides is 1. The number of carbonyl (C=O) groups is 2. The Labute approximate surface area is 162 Å². The van der Waals surface area contributed by atoms with Gasteiger partial charge in [-0.2, -0.15) is 0 Å². The second-order valence-corrected chi connectivity index (χ2v) is 7.25. The number of Topliss-reactive ketones (excluding diaryl/α,β-unsaturated/α-hetero) is 1. The Bertz CT molecular complexity index is 966. The summed E-state index contributed by atoms with van der Waals surface area (Å²) >= 11 is 0. The first-order valence-electron chi connectivity index (χ1n) is 8.24. The lowest BCUT2D eigenvalue weighted by Gasteiger charge is -2.29. The van der Waals surface area contributed by atoms with Gasteiger partial charge in [-0.1, -0.05) is 13.8 Å². The van der Waals surface area contributed by atoms with Gasteiger partial charge in [-0.05, 0) is 30.0 Å². The number of anilines is 2. The smallest absolute Gasteiger partial charge is 0.261 e. The first-order valence-corrected chi connectivity index (χ1v) is 8.24. The summed E-state index contributed by atoms with van der Waals surface area (Å²) < 4.78 is 5.11. The maximum absolute atomic E-state index is 12.6. The van der Waals surface area contributed by atoms with E-state index in [4.69, 9.17) is 10.5 Å². The summed E-state index contributed by atoms with van der Waals surface area (Å²) in [4.78, 5) is 40.0. The quantitative estimate of drug-likeness (QED) is 0.696. The topological polar surface area (TPSA) is 114 Å². The number of aromatic nitrogens is 1. The van der Waals surface area contributed by atoms with Gasteiger partial charge in [-0.3, -0.25) is 14.4 Å². The summed E-state index contributed by atoms with van der Waals surface area (Å²) in [5.74, 6) is -0.194. The van der Waals surface area contributed by atoms with Crippen LogP contribution in [0.1, 0.15) is 46.7 Å². The Morgan fingerprint density at radius 1 is 1.22 bits per heavy atom. The van der Waals surface area contributed by atoms with E-state index in [9.17, 15) is 14.4 Å². The van der Waals surface area contributed by atoms with Gasteiger partial charge in [0.15, 0.2) is 5.78 Å². The van der Waals surface area contributed by atoms with Crippen LogP contribution in [0.5, 0.6) is 5.75 Å². The van der Waals surface area contributed by atoms with Gasteiger partial charge in [0.25, 0.3) is 11.5 Å². The number of hydrogen-bond acceptors (Lipinski definition) is 5. The fourth-order valence-electron chi connectivity index (χ4n) is 3.16. The molecule has 1 aliphatic rings. The van der Waals surface area contributed by atoms with Gasteiger partial charge in [-0.15, -0.1) is 12.4 Å². The average Bonchev–Trinajstić information content (AvgIpc) is 2.55. The number of fused-ring (bicyclic) bond motifs is 1. The number of H-pyrrole nitrogens is 1. The number of aromatic amines is 1. The van der Waals surface area contributed by atoms with Gasteiger partial charge in [0.05, 0.1) is 18.5 Å². The summed E-state index contributed by atoms with van der Waals surface area (Å²) in [6.45, 7) is 3.94. The van der Waals surface area contributed by atoms with Crippen molar-refractivity contribution in [1.29, 1.82) is 0 Å². The molecule has 1 aromatic heterocycles. The lowest BCUT2D eigenvalue weighted by atomic mass is 9.75. The number of nitrogens with two attached hydrogens (primary N) is 1. The number of methoxy groups -OCH3 is 1. The Morgan fingerprint density at radius 3 is 2.59 bits per heavy atom. The number of halogens is 1. The van der Waals surface area contributed by atoms with Crippen molar-refractivity contribution in [3.8, 4) is 5.75 Å². The Hall–Kier alpha value is -2.80. The van der Waals surface area contributed by atoms with Gasteiger partial charge >= 0.3 is 0 Å². The highest BCUT2D eigenvalue weighted by atomic mass is 35.5. The van der Waals surface area contributed by atoms with Gasteiger partial charge in [0, 0.05) is 23.7 Å². The largest absolute Gasteiger partial charge is 0.497 e. The summed E-state index contributed by atoms with van der Waals surface area (Å²) in [6, 6.07) is 6.19. The van der Waals surface area contributed by atoms with E-state index >= 15 is 0 Å². The molecule has 0 aliphatic heterocycles. The Kier molecular flexibility index (Phi) is 5.65. The molecule has 0 fully saturated rings. The number of rotatable bonds is 3. The fourth-order valence-corrected chi connectivity index (χ4v) is 3.16. The highest BCUT2D eigenvalue weighted by Crippen LogP contribution is 2.33. The number of hydrogen-bond donors (Lipinski definition) is 3. The molecule has 3 rings (SSSR count). The number of pyridine rings is 1. The van der Waals surface area contributed by atoms with Crippen LogP contribution in [-0.2, 0) is 6.42 Å². The second kappa shape index (κ2) is 7.44. The highest BCUT2D eigenvalue weighted by Gasteiger charge is 2.32. The Morgan fingerprint density at radius 2 is 1.93 bits per heavy atom. The van der Waals surface area contributed by atoms with Crippen molar-refractivity contribution in [2.75, 3.05) is 18.2 Å². The predicted molar refractivity (Wildman–Crippen MR) is 106 cm³/mol. The zero-order chi connectivity index (χ0) is 19.1. The molecule has 144 valence electrons. The van der Waals surface area contributed by atoms with Crippen LogP contribution in [-0.4, -0.2) is 23.8 Å². The number of ketones is 1. The number of nitrogen functional groups attached to an aromatic ring is 1. The zero-order valence-corrected chi connectivity index (χ0v) is 16.2. The van der Waals surface area contributed by atoms with E-state index in [1.165, 1.54) is 13.2 Å². The van der Waals surface area contributed by atoms with Crippen LogP contribution in [0.15, 0.2) is 29.1 Å². The lowest BCUT2D eigenvalue weighted by molar-refractivity contribution is 0.0910. The zero-order valence-electron chi connectivity index (χ0n) is 15.3. The molecule has 0 bridgehead atoms. The van der Waals surface area contributed by atoms with Crippen molar-refractivity contribution in [1.82, 2.24) is 4.98 Å². The van der Waals surface area contributed by atoms with E-state index in [1.807, 2.05) is 13.8 Å². The molecule has 0 saturated heterocycles. The highest BCUT2D eigenvalue weighted by molar-refractivity contribution is 6.07. The molecule has 0 unspecified atom stereocenters.